The summed E-state index contributed by atoms with van der Waals surface area (Å²) in [7, 11) is 3.37. The SMILES string of the molecule is C=CCNC(=S)N1N=C2/C(=C\c3ccc(OC)cc3)CCCC2C1c1ccc(OC)cc1. The van der Waals surface area contributed by atoms with Crippen LogP contribution < -0.4 is 14.8 Å². The minimum absolute atomic E-state index is 0.0558. The Hall–Kier alpha value is -3.12. The molecule has 0 spiro atoms. The number of hydrogen-bond acceptors (Lipinski definition) is 4. The molecule has 0 radical (unpaired) electrons. The molecule has 0 bridgehead atoms. The minimum atomic E-state index is 0.0558. The Morgan fingerprint density at radius 3 is 2.41 bits per heavy atom. The second-order valence-corrected chi connectivity index (χ2v) is 8.35. The molecule has 1 aliphatic heterocycles. The molecule has 1 saturated carbocycles. The number of hydrazone groups is 1. The van der Waals surface area contributed by atoms with Crippen molar-refractivity contribution >= 4 is 29.1 Å². The van der Waals surface area contributed by atoms with Gasteiger partial charge in [0.05, 0.1) is 26.0 Å². The molecule has 6 heteroatoms. The number of ether oxygens (including phenoxy) is 2. The third-order valence-electron chi connectivity index (χ3n) is 6.02. The first kappa shape index (κ1) is 22.1. The van der Waals surface area contributed by atoms with E-state index in [-0.39, 0.29) is 12.0 Å². The van der Waals surface area contributed by atoms with Crippen molar-refractivity contribution in [2.24, 2.45) is 11.0 Å². The van der Waals surface area contributed by atoms with Gasteiger partial charge in [-0.15, -0.1) is 6.58 Å². The fourth-order valence-electron chi connectivity index (χ4n) is 4.44. The Balaban J connectivity index is 1.69. The highest BCUT2D eigenvalue weighted by Crippen LogP contribution is 2.44. The van der Waals surface area contributed by atoms with Crippen LogP contribution in [-0.2, 0) is 0 Å². The molecule has 2 aliphatic rings. The van der Waals surface area contributed by atoms with Gasteiger partial charge >= 0.3 is 0 Å². The van der Waals surface area contributed by atoms with E-state index in [9.17, 15) is 0 Å². The third kappa shape index (κ3) is 4.55. The van der Waals surface area contributed by atoms with Crippen LogP contribution in [0.4, 0.5) is 0 Å². The number of methoxy groups -OCH3 is 2. The molecule has 1 N–H and O–H groups in total. The van der Waals surface area contributed by atoms with Crippen molar-refractivity contribution in [1.29, 1.82) is 0 Å². The summed E-state index contributed by atoms with van der Waals surface area (Å²) in [5.74, 6) is 1.98. The predicted octanol–water partition coefficient (Wildman–Crippen LogP) is 5.36. The van der Waals surface area contributed by atoms with Crippen LogP contribution in [-0.4, -0.2) is 36.6 Å². The highest BCUT2D eigenvalue weighted by Gasteiger charge is 2.42. The van der Waals surface area contributed by atoms with Gasteiger partial charge in [0.2, 0.25) is 0 Å². The summed E-state index contributed by atoms with van der Waals surface area (Å²) in [5, 5.41) is 10.9. The van der Waals surface area contributed by atoms with E-state index in [0.29, 0.717) is 11.7 Å². The zero-order chi connectivity index (χ0) is 22.5. The maximum Gasteiger partial charge on any atom is 0.190 e. The Bertz CT molecular complexity index is 1030. The largest absolute Gasteiger partial charge is 0.497 e. The molecule has 32 heavy (non-hydrogen) atoms. The quantitative estimate of drug-likeness (QED) is 0.477. The lowest BCUT2D eigenvalue weighted by Crippen LogP contribution is -2.38. The molecule has 1 aliphatic carbocycles. The van der Waals surface area contributed by atoms with Crippen LogP contribution in [0.5, 0.6) is 11.5 Å². The third-order valence-corrected chi connectivity index (χ3v) is 6.35. The highest BCUT2D eigenvalue weighted by atomic mass is 32.1. The summed E-state index contributed by atoms with van der Waals surface area (Å²) < 4.78 is 10.6. The van der Waals surface area contributed by atoms with Crippen molar-refractivity contribution in [2.75, 3.05) is 20.8 Å². The number of nitrogens with zero attached hydrogens (tertiary/aromatic N) is 2. The molecule has 1 fully saturated rings. The van der Waals surface area contributed by atoms with Gasteiger partial charge in [0.1, 0.15) is 11.5 Å². The molecule has 5 nitrogen and oxygen atoms in total. The van der Waals surface area contributed by atoms with Gasteiger partial charge in [-0.3, -0.25) is 0 Å². The molecule has 4 rings (SSSR count). The Morgan fingerprint density at radius 1 is 1.12 bits per heavy atom. The number of thiocarbonyl (C=S) groups is 1. The number of nitrogens with one attached hydrogen (secondary N) is 1. The average molecular weight is 448 g/mol. The van der Waals surface area contributed by atoms with Crippen LogP contribution in [0, 0.1) is 5.92 Å². The molecule has 0 aromatic heterocycles. The fourth-order valence-corrected chi connectivity index (χ4v) is 4.68. The Labute approximate surface area is 195 Å². The number of allylic oxidation sites excluding steroid dienone is 1. The van der Waals surface area contributed by atoms with Gasteiger partial charge in [-0.05, 0) is 78.5 Å². The summed E-state index contributed by atoms with van der Waals surface area (Å²) >= 11 is 5.72. The van der Waals surface area contributed by atoms with Gasteiger partial charge < -0.3 is 14.8 Å². The van der Waals surface area contributed by atoms with Gasteiger partial charge in [-0.2, -0.15) is 5.10 Å². The normalized spacial score (nSPS) is 21.0. The lowest BCUT2D eigenvalue weighted by atomic mass is 9.77. The zero-order valence-electron chi connectivity index (χ0n) is 18.6. The molecular weight excluding hydrogens is 418 g/mol. The molecule has 0 saturated heterocycles. The van der Waals surface area contributed by atoms with Crippen LogP contribution in [0.2, 0.25) is 0 Å². The maximum absolute atomic E-state index is 5.72. The molecule has 2 aromatic carbocycles. The van der Waals surface area contributed by atoms with Gasteiger partial charge in [-0.25, -0.2) is 5.01 Å². The second-order valence-electron chi connectivity index (χ2n) is 7.96. The molecule has 2 aromatic rings. The Morgan fingerprint density at radius 2 is 1.78 bits per heavy atom. The maximum atomic E-state index is 5.72. The summed E-state index contributed by atoms with van der Waals surface area (Å²) in [5.41, 5.74) is 4.74. The van der Waals surface area contributed by atoms with E-state index in [1.165, 1.54) is 11.1 Å². The highest BCUT2D eigenvalue weighted by molar-refractivity contribution is 7.80. The van der Waals surface area contributed by atoms with Gasteiger partial charge in [-0.1, -0.05) is 30.3 Å². The Kier molecular flexibility index (Phi) is 6.90. The minimum Gasteiger partial charge on any atom is -0.497 e. The van der Waals surface area contributed by atoms with Crippen molar-refractivity contribution < 1.29 is 9.47 Å². The lowest BCUT2D eigenvalue weighted by molar-refractivity contribution is 0.300. The van der Waals surface area contributed by atoms with E-state index in [1.807, 2.05) is 29.3 Å². The molecular formula is C26H29N3O2S. The van der Waals surface area contributed by atoms with E-state index in [2.05, 4.69) is 42.2 Å². The van der Waals surface area contributed by atoms with Crippen LogP contribution >= 0.6 is 12.2 Å². The van der Waals surface area contributed by atoms with Crippen molar-refractivity contribution in [3.05, 3.63) is 77.9 Å². The molecule has 166 valence electrons. The van der Waals surface area contributed by atoms with Crippen LogP contribution in [0.15, 0.2) is 71.9 Å². The second kappa shape index (κ2) is 10.0. The first-order valence-electron chi connectivity index (χ1n) is 10.9. The van der Waals surface area contributed by atoms with Gasteiger partial charge in [0, 0.05) is 12.5 Å². The predicted molar refractivity (Wildman–Crippen MR) is 134 cm³/mol. The van der Waals surface area contributed by atoms with E-state index in [0.717, 1.165) is 42.0 Å². The summed E-state index contributed by atoms with van der Waals surface area (Å²) in [4.78, 5) is 0. The van der Waals surface area contributed by atoms with Crippen molar-refractivity contribution in [3.63, 3.8) is 0 Å². The van der Waals surface area contributed by atoms with E-state index < -0.39 is 0 Å². The van der Waals surface area contributed by atoms with Crippen molar-refractivity contribution in [3.8, 4) is 11.5 Å². The number of hydrogen-bond donors (Lipinski definition) is 1. The summed E-state index contributed by atoms with van der Waals surface area (Å²) in [6.45, 7) is 4.40. The van der Waals surface area contributed by atoms with E-state index >= 15 is 0 Å². The van der Waals surface area contributed by atoms with Gasteiger partial charge in [0.25, 0.3) is 0 Å². The first-order chi connectivity index (χ1) is 15.6. The smallest absolute Gasteiger partial charge is 0.190 e. The van der Waals surface area contributed by atoms with Crippen molar-refractivity contribution in [2.45, 2.75) is 25.3 Å². The molecule has 2 atom stereocenters. The summed E-state index contributed by atoms with van der Waals surface area (Å²) in [6.07, 6.45) is 7.27. The van der Waals surface area contributed by atoms with Crippen LogP contribution in [0.1, 0.15) is 36.4 Å². The van der Waals surface area contributed by atoms with Gasteiger partial charge in [0.15, 0.2) is 5.11 Å². The lowest BCUT2D eigenvalue weighted by Gasteiger charge is -2.30. The topological polar surface area (TPSA) is 46.1 Å². The van der Waals surface area contributed by atoms with E-state index in [1.54, 1.807) is 20.3 Å². The van der Waals surface area contributed by atoms with E-state index in [4.69, 9.17) is 26.8 Å². The fraction of sp³-hybridized carbons (Fsp3) is 0.308. The standard InChI is InChI=1S/C26H29N3O2S/c1-4-16-27-26(32)29-25(19-10-14-22(31-3)15-11-19)23-7-5-6-20(24(23)28-29)17-18-8-12-21(30-2)13-9-18/h4,8-15,17,23,25H,1,5-7,16H2,2-3H3,(H,27,32)/b20-17-. The average Bonchev–Trinajstić information content (AvgIpc) is 3.24. The summed E-state index contributed by atoms with van der Waals surface area (Å²) in [6, 6.07) is 16.4. The molecule has 1 heterocycles. The van der Waals surface area contributed by atoms with Crippen LogP contribution in [0.25, 0.3) is 6.08 Å². The van der Waals surface area contributed by atoms with Crippen LogP contribution in [0.3, 0.4) is 0 Å². The monoisotopic (exact) mass is 447 g/mol. The molecule has 2 unspecified atom stereocenters. The van der Waals surface area contributed by atoms with Crippen molar-refractivity contribution in [1.82, 2.24) is 10.3 Å². The number of fused-ring (bicyclic) bond motifs is 1. The number of benzene rings is 2. The first-order valence-corrected chi connectivity index (χ1v) is 11.3. The number of rotatable bonds is 6. The zero-order valence-corrected chi connectivity index (χ0v) is 19.4. The molecule has 0 amide bonds.